The van der Waals surface area contributed by atoms with Crippen LogP contribution in [0.25, 0.3) is 17.1 Å². The largest absolute Gasteiger partial charge is 0.457 e. The Bertz CT molecular complexity index is 1360. The van der Waals surface area contributed by atoms with Crippen LogP contribution in [0.2, 0.25) is 0 Å². The second kappa shape index (κ2) is 13.5. The monoisotopic (exact) mass is 597 g/mol. The van der Waals surface area contributed by atoms with E-state index in [-0.39, 0.29) is 24.3 Å². The number of likely N-dealkylation sites (N-methyl/N-ethyl adjacent to an activating group) is 1. The van der Waals surface area contributed by atoms with Crippen molar-refractivity contribution in [3.63, 3.8) is 0 Å². The van der Waals surface area contributed by atoms with Gasteiger partial charge in [-0.1, -0.05) is 31.2 Å². The number of hydrogen-bond donors (Lipinski definition) is 1. The number of cyclic esters (lactones) is 1. The zero-order valence-corrected chi connectivity index (χ0v) is 25.6. The van der Waals surface area contributed by atoms with Crippen molar-refractivity contribution >= 4 is 29.2 Å². The van der Waals surface area contributed by atoms with Crippen LogP contribution in [0, 0.1) is 23.6 Å². The summed E-state index contributed by atoms with van der Waals surface area (Å²) in [4.78, 5) is 29.8. The molecule has 0 bridgehead atoms. The third-order valence-corrected chi connectivity index (χ3v) is 8.81. The highest BCUT2D eigenvalue weighted by atomic mass is 19.1. The molecule has 1 N–H and O–H groups in total. The molecule has 10 nitrogen and oxygen atoms in total. The van der Waals surface area contributed by atoms with E-state index in [1.165, 1.54) is 6.07 Å². The third kappa shape index (κ3) is 8.00. The number of carbonyl (C=O) groups excluding carboxylic acids is 2. The van der Waals surface area contributed by atoms with Gasteiger partial charge in [0.05, 0.1) is 12.5 Å². The summed E-state index contributed by atoms with van der Waals surface area (Å²) in [7, 11) is 2.03. The van der Waals surface area contributed by atoms with E-state index in [0.29, 0.717) is 60.6 Å². The molecule has 11 heteroatoms. The molecule has 2 aliphatic heterocycles. The van der Waals surface area contributed by atoms with Gasteiger partial charge in [0.2, 0.25) is 0 Å². The predicted octanol–water partition coefficient (Wildman–Crippen LogP) is 4.42. The molecule has 2 fully saturated rings. The fraction of sp³-hybridized carbons (Fsp3) is 0.625. The van der Waals surface area contributed by atoms with Crippen LogP contribution in [-0.2, 0) is 20.8 Å². The number of benzene rings is 1. The molecule has 0 radical (unpaired) electrons. The fourth-order valence-corrected chi connectivity index (χ4v) is 5.81. The molecule has 234 valence electrons. The highest BCUT2D eigenvalue weighted by Crippen LogP contribution is 2.32. The summed E-state index contributed by atoms with van der Waals surface area (Å²) in [6.45, 7) is 9.23. The zero-order chi connectivity index (χ0) is 30.7. The first-order chi connectivity index (χ1) is 20.6. The molecule has 1 saturated heterocycles. The maximum Gasteiger partial charge on any atom is 0.410 e. The normalized spacial score (nSPS) is 29.1. The van der Waals surface area contributed by atoms with Crippen molar-refractivity contribution in [2.75, 3.05) is 33.2 Å². The van der Waals surface area contributed by atoms with Gasteiger partial charge in [0.1, 0.15) is 23.2 Å². The molecule has 1 aromatic carbocycles. The second-order valence-electron chi connectivity index (χ2n) is 12.7. The number of rotatable bonds is 5. The van der Waals surface area contributed by atoms with Gasteiger partial charge in [0, 0.05) is 38.6 Å². The molecule has 5 atom stereocenters. The molecular formula is C32H44FN5O5. The Morgan fingerprint density at radius 3 is 2.60 bits per heavy atom. The Labute approximate surface area is 252 Å². The van der Waals surface area contributed by atoms with Gasteiger partial charge in [0.15, 0.2) is 5.82 Å². The van der Waals surface area contributed by atoms with Gasteiger partial charge in [0.25, 0.3) is 0 Å². The lowest BCUT2D eigenvalue weighted by Crippen LogP contribution is -2.48. The van der Waals surface area contributed by atoms with E-state index in [9.17, 15) is 14.7 Å². The predicted molar refractivity (Wildman–Crippen MR) is 160 cm³/mol. The molecule has 43 heavy (non-hydrogen) atoms. The first kappa shape index (κ1) is 31.1. The summed E-state index contributed by atoms with van der Waals surface area (Å²) in [6.07, 6.45) is 6.26. The first-order valence-electron chi connectivity index (χ1n) is 15.5. The van der Waals surface area contributed by atoms with Gasteiger partial charge in [-0.15, -0.1) is 5.10 Å². The minimum atomic E-state index is -0.873. The van der Waals surface area contributed by atoms with Crippen molar-refractivity contribution in [3.8, 4) is 0 Å². The third-order valence-electron chi connectivity index (χ3n) is 8.81. The Balaban J connectivity index is 1.37. The standard InChI is InChI=1S/C32H44FN5O5/c1-20-5-9-25(39)18-29(40)43-31(21(2)6-10-28(20)42-32(41)37-13-11-36(4)12-14-37)22(3)15-24-16-26(33)30-27(17-24)34-35-38(30)19-23-7-8-23/h6,10,15-17,20-21,23,25,28,31,39H,5,7-9,11-14,18-19H2,1-4H3/b10-6+,22-15+/t20-,21-,25+,28-,31-/m0/s1. The average Bonchev–Trinajstić information content (AvgIpc) is 3.69. The van der Waals surface area contributed by atoms with Gasteiger partial charge >= 0.3 is 12.1 Å². The van der Waals surface area contributed by atoms with Crippen LogP contribution in [0.3, 0.4) is 0 Å². The van der Waals surface area contributed by atoms with Crippen LogP contribution in [0.5, 0.6) is 0 Å². The lowest BCUT2D eigenvalue weighted by atomic mass is 9.91. The van der Waals surface area contributed by atoms with Gasteiger partial charge in [-0.25, -0.2) is 13.9 Å². The summed E-state index contributed by atoms with van der Waals surface area (Å²) < 4.78 is 28.7. The number of fused-ring (bicyclic) bond motifs is 1. The number of esters is 1. The highest BCUT2D eigenvalue weighted by Gasteiger charge is 2.29. The molecule has 0 spiro atoms. The number of carbonyl (C=O) groups is 2. The number of halogens is 1. The topological polar surface area (TPSA) is 110 Å². The van der Waals surface area contributed by atoms with Crippen molar-refractivity contribution in [2.45, 2.75) is 77.7 Å². The number of piperazine rings is 1. The molecule has 3 aliphatic rings. The van der Waals surface area contributed by atoms with E-state index in [0.717, 1.165) is 25.9 Å². The quantitative estimate of drug-likeness (QED) is 0.399. The lowest BCUT2D eigenvalue weighted by molar-refractivity contribution is -0.151. The Kier molecular flexibility index (Phi) is 9.81. The molecule has 1 saturated carbocycles. The molecule has 1 aromatic heterocycles. The van der Waals surface area contributed by atoms with Gasteiger partial charge in [-0.2, -0.15) is 0 Å². The number of aliphatic hydroxyl groups excluding tert-OH is 1. The van der Waals surface area contributed by atoms with Crippen LogP contribution in [0.1, 0.15) is 58.4 Å². The fourth-order valence-electron chi connectivity index (χ4n) is 5.81. The van der Waals surface area contributed by atoms with Gasteiger partial charge in [-0.05, 0) is 80.8 Å². The number of ether oxygens (including phenoxy) is 2. The minimum Gasteiger partial charge on any atom is -0.457 e. The Morgan fingerprint density at radius 1 is 1.14 bits per heavy atom. The maximum absolute atomic E-state index is 15.2. The van der Waals surface area contributed by atoms with Crippen LogP contribution in [0.4, 0.5) is 9.18 Å². The Morgan fingerprint density at radius 2 is 1.88 bits per heavy atom. The molecule has 0 unspecified atom stereocenters. The van der Waals surface area contributed by atoms with Crippen molar-refractivity contribution in [1.82, 2.24) is 24.8 Å². The number of aromatic nitrogens is 3. The molecule has 2 aromatic rings. The summed E-state index contributed by atoms with van der Waals surface area (Å²) in [5.41, 5.74) is 2.17. The van der Waals surface area contributed by atoms with E-state index in [1.807, 2.05) is 40.0 Å². The number of nitrogens with zero attached hydrogens (tertiary/aromatic N) is 5. The number of aliphatic hydroxyl groups is 1. The summed E-state index contributed by atoms with van der Waals surface area (Å²) in [6, 6.07) is 3.24. The molecule has 5 rings (SSSR count). The van der Waals surface area contributed by atoms with E-state index in [4.69, 9.17) is 9.47 Å². The molecule has 1 aliphatic carbocycles. The number of amides is 1. The van der Waals surface area contributed by atoms with Gasteiger partial charge < -0.3 is 24.4 Å². The van der Waals surface area contributed by atoms with Crippen LogP contribution in [0.15, 0.2) is 29.9 Å². The second-order valence-corrected chi connectivity index (χ2v) is 12.7. The van der Waals surface area contributed by atoms with E-state index in [2.05, 4.69) is 15.2 Å². The van der Waals surface area contributed by atoms with E-state index in [1.54, 1.807) is 21.7 Å². The maximum atomic E-state index is 15.2. The summed E-state index contributed by atoms with van der Waals surface area (Å²) >= 11 is 0. The summed E-state index contributed by atoms with van der Waals surface area (Å²) in [5, 5.41) is 18.9. The Hall–Kier alpha value is -3.31. The van der Waals surface area contributed by atoms with Crippen molar-refractivity contribution in [2.24, 2.45) is 17.8 Å². The summed E-state index contributed by atoms with van der Waals surface area (Å²) in [5.74, 6) is -0.716. The van der Waals surface area contributed by atoms with Gasteiger partial charge in [-0.3, -0.25) is 4.79 Å². The number of hydrogen-bond acceptors (Lipinski definition) is 8. The van der Waals surface area contributed by atoms with Crippen LogP contribution in [-0.4, -0.2) is 93.5 Å². The first-order valence-corrected chi connectivity index (χ1v) is 15.5. The van der Waals surface area contributed by atoms with Crippen LogP contribution < -0.4 is 0 Å². The average molecular weight is 598 g/mol. The smallest absolute Gasteiger partial charge is 0.410 e. The molecule has 3 heterocycles. The minimum absolute atomic E-state index is 0.0666. The van der Waals surface area contributed by atoms with Crippen molar-refractivity contribution in [1.29, 1.82) is 0 Å². The van der Waals surface area contributed by atoms with Crippen molar-refractivity contribution in [3.05, 3.63) is 41.2 Å². The van der Waals surface area contributed by atoms with E-state index >= 15 is 4.39 Å². The van der Waals surface area contributed by atoms with Crippen LogP contribution >= 0.6 is 0 Å². The SMILES string of the molecule is C/C(=C\c1cc(F)c2c(c1)nnn2CC1CC1)[C@H]1OC(=O)C[C@H](O)CC[C@H](C)[C@@H](OC(=O)N2CCN(C)CC2)/C=C/[C@@H]1C. The van der Waals surface area contributed by atoms with Crippen molar-refractivity contribution < 1.29 is 28.6 Å². The van der Waals surface area contributed by atoms with E-state index < -0.39 is 30.1 Å². The molecular weight excluding hydrogens is 553 g/mol. The molecule has 1 amide bonds. The highest BCUT2D eigenvalue weighted by molar-refractivity contribution is 5.79. The lowest BCUT2D eigenvalue weighted by Gasteiger charge is -2.33. The zero-order valence-electron chi connectivity index (χ0n) is 25.6.